The Morgan fingerprint density at radius 1 is 1.10 bits per heavy atom. The molecule has 0 aliphatic rings. The predicted molar refractivity (Wildman–Crippen MR) is 104 cm³/mol. The highest BCUT2D eigenvalue weighted by Crippen LogP contribution is 2.18. The highest BCUT2D eigenvalue weighted by Gasteiger charge is 2.26. The molecule has 1 aromatic carbocycles. The first-order chi connectivity index (χ1) is 14.4. The molecule has 9 nitrogen and oxygen atoms in total. The van der Waals surface area contributed by atoms with E-state index in [4.69, 9.17) is 18.9 Å². The average molecular weight is 422 g/mol. The summed E-state index contributed by atoms with van der Waals surface area (Å²) < 4.78 is 34.5. The fourth-order valence-electron chi connectivity index (χ4n) is 2.73. The number of benzene rings is 1. The van der Waals surface area contributed by atoms with E-state index < -0.39 is 29.4 Å². The number of nitrogens with zero attached hydrogens (tertiary/aromatic N) is 1. The molecule has 0 fully saturated rings. The lowest BCUT2D eigenvalue weighted by Gasteiger charge is -2.20. The van der Waals surface area contributed by atoms with Gasteiger partial charge in [-0.15, -0.1) is 0 Å². The van der Waals surface area contributed by atoms with Crippen LogP contribution in [0.1, 0.15) is 26.4 Å². The van der Waals surface area contributed by atoms with Gasteiger partial charge in [0.1, 0.15) is 11.4 Å². The number of hydrogen-bond donors (Lipinski definition) is 1. The molecule has 0 atom stereocenters. The van der Waals surface area contributed by atoms with Gasteiger partial charge in [-0.05, 0) is 17.7 Å². The second-order valence-corrected chi connectivity index (χ2v) is 6.11. The number of aromatic nitrogens is 1. The summed E-state index contributed by atoms with van der Waals surface area (Å²) in [6, 6.07) is 5.55. The largest absolute Gasteiger partial charge is 0.491 e. The molecular formula is C20H23FN2O7. The Morgan fingerprint density at radius 2 is 1.73 bits per heavy atom. The first kappa shape index (κ1) is 23.0. The second-order valence-electron chi connectivity index (χ2n) is 6.11. The van der Waals surface area contributed by atoms with Gasteiger partial charge in [0.25, 0.3) is 5.91 Å². The van der Waals surface area contributed by atoms with Crippen LogP contribution >= 0.6 is 0 Å². The number of carbonyl (C=O) groups is 2. The van der Waals surface area contributed by atoms with E-state index in [2.05, 4.69) is 5.32 Å². The highest BCUT2D eigenvalue weighted by molar-refractivity contribution is 5.96. The maximum Gasteiger partial charge on any atom is 0.358 e. The summed E-state index contributed by atoms with van der Waals surface area (Å²) in [5.41, 5.74) is -0.578. The quantitative estimate of drug-likeness (QED) is 0.480. The number of carbonyl (C=O) groups excluding carboxylic acids is 2. The molecule has 162 valence electrons. The fraction of sp³-hybridized carbons (Fsp3) is 0.350. The Balaban J connectivity index is 2.45. The SMILES string of the molecule is COC(=O)c1c(OC)c(=O)c(C(=O)NCc2ccc(F)cc2)cn1CC(OC)OC. The maximum atomic E-state index is 13.0. The molecule has 2 rings (SSSR count). The third kappa shape index (κ3) is 5.22. The van der Waals surface area contributed by atoms with Crippen LogP contribution in [0, 0.1) is 5.82 Å². The molecule has 0 spiro atoms. The lowest BCUT2D eigenvalue weighted by atomic mass is 10.1. The van der Waals surface area contributed by atoms with E-state index in [1.807, 2.05) is 0 Å². The summed E-state index contributed by atoms with van der Waals surface area (Å²) in [7, 11) is 5.17. The van der Waals surface area contributed by atoms with E-state index in [0.717, 1.165) is 7.11 Å². The van der Waals surface area contributed by atoms with Crippen LogP contribution in [0.5, 0.6) is 5.75 Å². The lowest BCUT2D eigenvalue weighted by Crippen LogP contribution is -2.33. The van der Waals surface area contributed by atoms with Crippen LogP contribution < -0.4 is 15.5 Å². The number of esters is 1. The fourth-order valence-corrected chi connectivity index (χ4v) is 2.73. The molecule has 1 amide bonds. The first-order valence-corrected chi connectivity index (χ1v) is 8.84. The van der Waals surface area contributed by atoms with Gasteiger partial charge >= 0.3 is 5.97 Å². The molecule has 0 unspecified atom stereocenters. The molecule has 0 radical (unpaired) electrons. The average Bonchev–Trinajstić information content (AvgIpc) is 2.76. The second kappa shape index (κ2) is 10.5. The van der Waals surface area contributed by atoms with Crippen molar-refractivity contribution >= 4 is 11.9 Å². The van der Waals surface area contributed by atoms with E-state index in [1.54, 1.807) is 0 Å². The van der Waals surface area contributed by atoms with Crippen LogP contribution in [0.4, 0.5) is 4.39 Å². The summed E-state index contributed by atoms with van der Waals surface area (Å²) in [6.45, 7) is 0.0463. The third-order valence-electron chi connectivity index (χ3n) is 4.30. The molecule has 0 aliphatic carbocycles. The smallest absolute Gasteiger partial charge is 0.358 e. The van der Waals surface area contributed by atoms with Crippen molar-refractivity contribution in [3.63, 3.8) is 0 Å². The van der Waals surface area contributed by atoms with Gasteiger partial charge in [0.2, 0.25) is 5.43 Å². The monoisotopic (exact) mass is 422 g/mol. The number of ether oxygens (including phenoxy) is 4. The maximum absolute atomic E-state index is 13.0. The molecule has 10 heteroatoms. The summed E-state index contributed by atoms with van der Waals surface area (Å²) in [4.78, 5) is 37.7. The molecule has 1 N–H and O–H groups in total. The summed E-state index contributed by atoms with van der Waals surface area (Å²) in [6.07, 6.45) is 0.443. The number of methoxy groups -OCH3 is 4. The Bertz CT molecular complexity index is 953. The topological polar surface area (TPSA) is 105 Å². The zero-order chi connectivity index (χ0) is 22.3. The van der Waals surface area contributed by atoms with Crippen molar-refractivity contribution in [3.05, 3.63) is 63.3 Å². The van der Waals surface area contributed by atoms with Crippen LogP contribution in [0.2, 0.25) is 0 Å². The van der Waals surface area contributed by atoms with Crippen molar-refractivity contribution in [2.75, 3.05) is 28.4 Å². The number of hydrogen-bond acceptors (Lipinski definition) is 7. The number of rotatable bonds is 9. The minimum absolute atomic E-state index is 0.0215. The number of nitrogens with one attached hydrogen (secondary N) is 1. The van der Waals surface area contributed by atoms with Crippen LogP contribution in [0.25, 0.3) is 0 Å². The van der Waals surface area contributed by atoms with Crippen molar-refractivity contribution in [2.45, 2.75) is 19.4 Å². The highest BCUT2D eigenvalue weighted by atomic mass is 19.1. The van der Waals surface area contributed by atoms with E-state index in [1.165, 1.54) is 56.4 Å². The van der Waals surface area contributed by atoms with Gasteiger partial charge in [-0.1, -0.05) is 12.1 Å². The van der Waals surface area contributed by atoms with Crippen molar-refractivity contribution in [2.24, 2.45) is 0 Å². The predicted octanol–water partition coefficient (Wildman–Crippen LogP) is 1.33. The summed E-state index contributed by atoms with van der Waals surface area (Å²) in [5, 5.41) is 2.59. The molecule has 1 heterocycles. The zero-order valence-electron chi connectivity index (χ0n) is 17.1. The standard InChI is InChI=1S/C20H23FN2O7/c1-27-15(28-2)11-23-10-14(17(24)18(29-3)16(23)20(26)30-4)19(25)22-9-12-5-7-13(21)8-6-12/h5-8,10,15H,9,11H2,1-4H3,(H,22,25). The van der Waals surface area contributed by atoms with Gasteiger partial charge in [-0.2, -0.15) is 0 Å². The minimum Gasteiger partial charge on any atom is -0.491 e. The van der Waals surface area contributed by atoms with E-state index in [0.29, 0.717) is 5.56 Å². The molecular weight excluding hydrogens is 399 g/mol. The van der Waals surface area contributed by atoms with Crippen molar-refractivity contribution in [1.82, 2.24) is 9.88 Å². The van der Waals surface area contributed by atoms with Gasteiger partial charge in [0.05, 0.1) is 20.8 Å². The third-order valence-corrected chi connectivity index (χ3v) is 4.30. The molecule has 0 saturated carbocycles. The van der Waals surface area contributed by atoms with Crippen LogP contribution in [0.3, 0.4) is 0 Å². The minimum atomic E-state index is -0.826. The molecule has 0 bridgehead atoms. The number of halogens is 1. The molecule has 2 aromatic rings. The molecule has 1 aromatic heterocycles. The van der Waals surface area contributed by atoms with Crippen LogP contribution in [-0.4, -0.2) is 51.2 Å². The van der Waals surface area contributed by atoms with Crippen molar-refractivity contribution in [1.29, 1.82) is 0 Å². The Labute approximate surface area is 172 Å². The van der Waals surface area contributed by atoms with Crippen molar-refractivity contribution in [3.8, 4) is 5.75 Å². The van der Waals surface area contributed by atoms with Gasteiger partial charge in [0, 0.05) is 27.0 Å². The van der Waals surface area contributed by atoms with E-state index >= 15 is 0 Å². The number of pyridine rings is 1. The Morgan fingerprint density at radius 3 is 2.27 bits per heavy atom. The zero-order valence-corrected chi connectivity index (χ0v) is 17.1. The normalized spacial score (nSPS) is 10.7. The van der Waals surface area contributed by atoms with Gasteiger partial charge in [0.15, 0.2) is 17.7 Å². The van der Waals surface area contributed by atoms with Gasteiger partial charge in [-0.3, -0.25) is 9.59 Å². The number of amides is 1. The molecule has 0 aliphatic heterocycles. The first-order valence-electron chi connectivity index (χ1n) is 8.84. The molecule has 0 saturated heterocycles. The summed E-state index contributed by atoms with van der Waals surface area (Å²) >= 11 is 0. The van der Waals surface area contributed by atoms with E-state index in [9.17, 15) is 18.8 Å². The van der Waals surface area contributed by atoms with Crippen molar-refractivity contribution < 1.29 is 32.9 Å². The Hall–Kier alpha value is -3.24. The molecule has 30 heavy (non-hydrogen) atoms. The van der Waals surface area contributed by atoms with E-state index in [-0.39, 0.29) is 30.1 Å². The van der Waals surface area contributed by atoms with Crippen LogP contribution in [0.15, 0.2) is 35.3 Å². The summed E-state index contributed by atoms with van der Waals surface area (Å²) in [5.74, 6) is -2.27. The Kier molecular flexibility index (Phi) is 8.07. The lowest BCUT2D eigenvalue weighted by molar-refractivity contribution is -0.111. The van der Waals surface area contributed by atoms with Gasteiger partial charge < -0.3 is 28.8 Å². The van der Waals surface area contributed by atoms with Crippen LogP contribution in [-0.2, 0) is 27.3 Å². The van der Waals surface area contributed by atoms with Gasteiger partial charge in [-0.25, -0.2) is 9.18 Å².